The summed E-state index contributed by atoms with van der Waals surface area (Å²) >= 11 is 1.59. The van der Waals surface area contributed by atoms with Crippen LogP contribution in [0.2, 0.25) is 0 Å². The molecule has 0 saturated heterocycles. The van der Waals surface area contributed by atoms with Crippen LogP contribution < -0.4 is 10.2 Å². The number of benzene rings is 1. The monoisotopic (exact) mass is 384 g/mol. The molecule has 1 aromatic carbocycles. The fourth-order valence-electron chi connectivity index (χ4n) is 2.78. The summed E-state index contributed by atoms with van der Waals surface area (Å²) in [7, 11) is 0. The summed E-state index contributed by atoms with van der Waals surface area (Å²) in [6, 6.07) is 12.3. The first-order valence-corrected chi connectivity index (χ1v) is 10.1. The Kier molecular flexibility index (Phi) is 6.98. The second-order valence-electron chi connectivity index (χ2n) is 6.14. The van der Waals surface area contributed by atoms with E-state index in [9.17, 15) is 4.79 Å². The lowest BCUT2D eigenvalue weighted by molar-refractivity contribution is -0.121. The number of para-hydroxylation sites is 1. The second kappa shape index (κ2) is 9.87. The molecule has 7 heteroatoms. The average molecular weight is 385 g/mol. The van der Waals surface area contributed by atoms with E-state index in [1.165, 1.54) is 5.69 Å². The Balaban J connectivity index is 1.35. The SMILES string of the molecule is CCN(CCCNC(=O)CCc1nc(-c2ccsc2)no1)c1ccccc1. The zero-order valence-electron chi connectivity index (χ0n) is 15.4. The molecule has 2 aromatic heterocycles. The number of anilines is 1. The Labute approximate surface area is 163 Å². The lowest BCUT2D eigenvalue weighted by Crippen LogP contribution is -2.30. The first-order valence-electron chi connectivity index (χ1n) is 9.18. The number of aromatic nitrogens is 2. The zero-order chi connectivity index (χ0) is 18.9. The molecule has 6 nitrogen and oxygen atoms in total. The number of aryl methyl sites for hydroxylation is 1. The minimum atomic E-state index is 0.00745. The molecular formula is C20H24N4O2S. The topological polar surface area (TPSA) is 71.3 Å². The molecule has 3 rings (SSSR count). The number of rotatable bonds is 10. The maximum Gasteiger partial charge on any atom is 0.227 e. The van der Waals surface area contributed by atoms with Crippen molar-refractivity contribution in [1.29, 1.82) is 0 Å². The Bertz CT molecular complexity index is 818. The first kappa shape index (κ1) is 19.1. The molecule has 1 amide bonds. The van der Waals surface area contributed by atoms with Crippen LogP contribution in [0.25, 0.3) is 11.4 Å². The molecule has 3 aromatic rings. The van der Waals surface area contributed by atoms with E-state index in [4.69, 9.17) is 4.52 Å². The van der Waals surface area contributed by atoms with Gasteiger partial charge in [0.25, 0.3) is 0 Å². The Morgan fingerprint density at radius 2 is 2.11 bits per heavy atom. The fourth-order valence-corrected chi connectivity index (χ4v) is 3.41. The van der Waals surface area contributed by atoms with E-state index in [1.807, 2.05) is 35.0 Å². The van der Waals surface area contributed by atoms with Gasteiger partial charge in [0.1, 0.15) is 0 Å². The third-order valence-electron chi connectivity index (χ3n) is 4.24. The van der Waals surface area contributed by atoms with Gasteiger partial charge in [-0.05, 0) is 36.9 Å². The molecule has 0 aliphatic carbocycles. The van der Waals surface area contributed by atoms with E-state index in [-0.39, 0.29) is 5.91 Å². The summed E-state index contributed by atoms with van der Waals surface area (Å²) in [4.78, 5) is 18.7. The van der Waals surface area contributed by atoms with Crippen LogP contribution in [0.4, 0.5) is 5.69 Å². The van der Waals surface area contributed by atoms with Crippen molar-refractivity contribution in [3.63, 3.8) is 0 Å². The van der Waals surface area contributed by atoms with Crippen LogP contribution in [0, 0.1) is 0 Å². The summed E-state index contributed by atoms with van der Waals surface area (Å²) < 4.78 is 5.22. The van der Waals surface area contributed by atoms with E-state index in [0.29, 0.717) is 31.1 Å². The molecule has 0 spiro atoms. The van der Waals surface area contributed by atoms with Crippen molar-refractivity contribution in [1.82, 2.24) is 15.5 Å². The van der Waals surface area contributed by atoms with Gasteiger partial charge in [0, 0.05) is 49.1 Å². The van der Waals surface area contributed by atoms with E-state index >= 15 is 0 Å². The summed E-state index contributed by atoms with van der Waals surface area (Å²) in [6.45, 7) is 4.66. The van der Waals surface area contributed by atoms with Crippen molar-refractivity contribution in [2.75, 3.05) is 24.5 Å². The number of nitrogens with one attached hydrogen (secondary N) is 1. The molecule has 0 unspecified atom stereocenters. The molecule has 0 fully saturated rings. The van der Waals surface area contributed by atoms with Gasteiger partial charge in [-0.2, -0.15) is 16.3 Å². The van der Waals surface area contributed by atoms with E-state index in [2.05, 4.69) is 39.4 Å². The van der Waals surface area contributed by atoms with Crippen LogP contribution >= 0.6 is 11.3 Å². The molecular weight excluding hydrogens is 360 g/mol. The maximum absolute atomic E-state index is 12.0. The van der Waals surface area contributed by atoms with Gasteiger partial charge in [0.05, 0.1) is 0 Å². The number of hydrogen-bond donors (Lipinski definition) is 1. The highest BCUT2D eigenvalue weighted by molar-refractivity contribution is 7.08. The number of thiophene rings is 1. The first-order chi connectivity index (χ1) is 13.3. The van der Waals surface area contributed by atoms with Gasteiger partial charge in [-0.25, -0.2) is 0 Å². The third-order valence-corrected chi connectivity index (χ3v) is 4.93. The zero-order valence-corrected chi connectivity index (χ0v) is 16.2. The van der Waals surface area contributed by atoms with E-state index < -0.39 is 0 Å². The summed E-state index contributed by atoms with van der Waals surface area (Å²) in [5.74, 6) is 1.08. The van der Waals surface area contributed by atoms with Crippen LogP contribution in [0.3, 0.4) is 0 Å². The molecule has 27 heavy (non-hydrogen) atoms. The van der Waals surface area contributed by atoms with Gasteiger partial charge in [-0.15, -0.1) is 0 Å². The van der Waals surface area contributed by atoms with Gasteiger partial charge in [0.2, 0.25) is 17.6 Å². The molecule has 0 bridgehead atoms. The molecule has 2 heterocycles. The number of carbonyl (C=O) groups excluding carboxylic acids is 1. The number of nitrogens with zero attached hydrogens (tertiary/aromatic N) is 3. The van der Waals surface area contributed by atoms with Gasteiger partial charge < -0.3 is 14.7 Å². The lowest BCUT2D eigenvalue weighted by atomic mass is 10.2. The molecule has 142 valence electrons. The van der Waals surface area contributed by atoms with Gasteiger partial charge in [-0.3, -0.25) is 4.79 Å². The minimum Gasteiger partial charge on any atom is -0.372 e. The van der Waals surface area contributed by atoms with Gasteiger partial charge >= 0.3 is 0 Å². The highest BCUT2D eigenvalue weighted by Gasteiger charge is 2.11. The minimum absolute atomic E-state index is 0.00745. The molecule has 0 atom stereocenters. The summed E-state index contributed by atoms with van der Waals surface area (Å²) in [5.41, 5.74) is 2.16. The highest BCUT2D eigenvalue weighted by atomic mass is 32.1. The summed E-state index contributed by atoms with van der Waals surface area (Å²) in [5, 5.41) is 10.9. The lowest BCUT2D eigenvalue weighted by Gasteiger charge is -2.23. The molecule has 1 N–H and O–H groups in total. The quantitative estimate of drug-likeness (QED) is 0.539. The van der Waals surface area contributed by atoms with Crippen molar-refractivity contribution >= 4 is 22.9 Å². The van der Waals surface area contributed by atoms with Crippen LogP contribution in [0.5, 0.6) is 0 Å². The van der Waals surface area contributed by atoms with E-state index in [1.54, 1.807) is 11.3 Å². The van der Waals surface area contributed by atoms with Crippen molar-refractivity contribution in [3.05, 3.63) is 53.0 Å². The molecule has 0 radical (unpaired) electrons. The standard InChI is InChI=1S/C20H24N4O2S/c1-2-24(17-7-4-3-5-8-17)13-6-12-21-18(25)9-10-19-22-20(23-26-19)16-11-14-27-15-16/h3-5,7-8,11,14-15H,2,6,9-10,12-13H2,1H3,(H,21,25). The predicted molar refractivity (Wildman–Crippen MR) is 108 cm³/mol. The van der Waals surface area contributed by atoms with Gasteiger partial charge in [0.15, 0.2) is 0 Å². The number of hydrogen-bond acceptors (Lipinski definition) is 6. The highest BCUT2D eigenvalue weighted by Crippen LogP contribution is 2.19. The van der Waals surface area contributed by atoms with Crippen molar-refractivity contribution < 1.29 is 9.32 Å². The third kappa shape index (κ3) is 5.65. The number of carbonyl (C=O) groups is 1. The Morgan fingerprint density at radius 3 is 2.85 bits per heavy atom. The van der Waals surface area contributed by atoms with Gasteiger partial charge in [-0.1, -0.05) is 23.4 Å². The fraction of sp³-hybridized carbons (Fsp3) is 0.350. The van der Waals surface area contributed by atoms with Crippen LogP contribution in [-0.4, -0.2) is 35.7 Å². The van der Waals surface area contributed by atoms with Crippen molar-refractivity contribution in [3.8, 4) is 11.4 Å². The van der Waals surface area contributed by atoms with Crippen LogP contribution in [0.1, 0.15) is 25.7 Å². The maximum atomic E-state index is 12.0. The van der Waals surface area contributed by atoms with Crippen molar-refractivity contribution in [2.45, 2.75) is 26.2 Å². The van der Waals surface area contributed by atoms with E-state index in [0.717, 1.165) is 25.1 Å². The van der Waals surface area contributed by atoms with Crippen LogP contribution in [0.15, 0.2) is 51.7 Å². The van der Waals surface area contributed by atoms with Crippen LogP contribution in [-0.2, 0) is 11.2 Å². The second-order valence-corrected chi connectivity index (χ2v) is 6.92. The Hall–Kier alpha value is -2.67. The molecule has 0 aliphatic rings. The Morgan fingerprint density at radius 1 is 1.26 bits per heavy atom. The largest absolute Gasteiger partial charge is 0.372 e. The summed E-state index contributed by atoms with van der Waals surface area (Å²) in [6.07, 6.45) is 1.70. The predicted octanol–water partition coefficient (Wildman–Crippen LogP) is 3.76. The van der Waals surface area contributed by atoms with Crippen molar-refractivity contribution in [2.24, 2.45) is 0 Å². The normalized spacial score (nSPS) is 10.7. The average Bonchev–Trinajstić information content (AvgIpc) is 3.39. The smallest absolute Gasteiger partial charge is 0.227 e. The molecule has 0 aliphatic heterocycles. The molecule has 0 saturated carbocycles. The number of amides is 1.